The van der Waals surface area contributed by atoms with Crippen molar-refractivity contribution in [2.45, 2.75) is 32.6 Å². The molecule has 1 spiro atoms. The van der Waals surface area contributed by atoms with Crippen LogP contribution in [0.5, 0.6) is 0 Å². The molecule has 0 aromatic carbocycles. The summed E-state index contributed by atoms with van der Waals surface area (Å²) in [6.07, 6.45) is 6.29. The second-order valence-electron chi connectivity index (χ2n) is 4.42. The molecule has 0 aromatic rings. The summed E-state index contributed by atoms with van der Waals surface area (Å²) in [5.74, 6) is 3.52. The molecule has 0 amide bonds. The first-order valence-electron chi connectivity index (χ1n) is 4.34. The van der Waals surface area contributed by atoms with Crippen molar-refractivity contribution in [3.8, 4) is 0 Å². The SMILES string of the molecule is CC1CCC2C1C21CC1. The highest BCUT2D eigenvalue weighted by Gasteiger charge is 2.74. The zero-order valence-electron chi connectivity index (χ0n) is 6.06. The van der Waals surface area contributed by atoms with E-state index in [1.807, 2.05) is 0 Å². The second-order valence-corrected chi connectivity index (χ2v) is 4.42. The summed E-state index contributed by atoms with van der Waals surface area (Å²) in [4.78, 5) is 0. The lowest BCUT2D eigenvalue weighted by atomic mass is 10.0. The van der Waals surface area contributed by atoms with E-state index in [-0.39, 0.29) is 0 Å². The Hall–Kier alpha value is 0. The molecule has 3 atom stereocenters. The van der Waals surface area contributed by atoms with Crippen LogP contribution in [0.1, 0.15) is 32.6 Å². The molecule has 3 rings (SSSR count). The van der Waals surface area contributed by atoms with Crippen molar-refractivity contribution in [1.82, 2.24) is 0 Å². The summed E-state index contributed by atoms with van der Waals surface area (Å²) >= 11 is 0. The van der Waals surface area contributed by atoms with Gasteiger partial charge >= 0.3 is 0 Å². The van der Waals surface area contributed by atoms with Crippen LogP contribution in [0.2, 0.25) is 0 Å². The van der Waals surface area contributed by atoms with E-state index in [9.17, 15) is 0 Å². The fourth-order valence-electron chi connectivity index (χ4n) is 3.51. The van der Waals surface area contributed by atoms with Crippen molar-refractivity contribution in [3.63, 3.8) is 0 Å². The summed E-state index contributed by atoms with van der Waals surface area (Å²) in [5, 5.41) is 0. The topological polar surface area (TPSA) is 0 Å². The molecule has 0 N–H and O–H groups in total. The first-order chi connectivity index (χ1) is 4.34. The van der Waals surface area contributed by atoms with E-state index in [1.165, 1.54) is 18.3 Å². The standard InChI is InChI=1S/C9H14/c1-6-2-3-7-8(6)9(7)4-5-9/h6-8H,2-5H2,1H3. The second kappa shape index (κ2) is 1.09. The van der Waals surface area contributed by atoms with Crippen molar-refractivity contribution < 1.29 is 0 Å². The number of hydrogen-bond acceptors (Lipinski definition) is 0. The van der Waals surface area contributed by atoms with E-state index in [0.717, 1.165) is 11.3 Å². The Balaban J connectivity index is 1.91. The maximum atomic E-state index is 2.46. The average Bonchev–Trinajstić information content (AvgIpc) is 2.69. The molecule has 0 radical (unpaired) electrons. The number of fused-ring (bicyclic) bond motifs is 3. The minimum Gasteiger partial charge on any atom is -0.0622 e. The smallest absolute Gasteiger partial charge is 0.0232 e. The molecule has 3 aliphatic carbocycles. The van der Waals surface area contributed by atoms with E-state index in [1.54, 1.807) is 19.3 Å². The highest BCUT2D eigenvalue weighted by atomic mass is 14.8. The molecule has 0 nitrogen and oxygen atoms in total. The highest BCUT2D eigenvalue weighted by molar-refractivity contribution is 5.22. The summed E-state index contributed by atoms with van der Waals surface area (Å²) in [6, 6.07) is 0. The molecule has 50 valence electrons. The minimum atomic E-state index is 0.984. The largest absolute Gasteiger partial charge is 0.0622 e. The summed E-state index contributed by atoms with van der Waals surface area (Å²) < 4.78 is 0. The van der Waals surface area contributed by atoms with Crippen LogP contribution in [0, 0.1) is 23.2 Å². The van der Waals surface area contributed by atoms with Crippen LogP contribution in [0.3, 0.4) is 0 Å². The fraction of sp³-hybridized carbons (Fsp3) is 1.00. The molecule has 3 fully saturated rings. The monoisotopic (exact) mass is 122 g/mol. The predicted octanol–water partition coefficient (Wildman–Crippen LogP) is 2.44. The molecule has 0 saturated heterocycles. The third kappa shape index (κ3) is 0.367. The number of rotatable bonds is 0. The Morgan fingerprint density at radius 3 is 2.33 bits per heavy atom. The average molecular weight is 122 g/mol. The van der Waals surface area contributed by atoms with Gasteiger partial charge in [-0.05, 0) is 42.4 Å². The zero-order chi connectivity index (χ0) is 6.06. The van der Waals surface area contributed by atoms with Crippen molar-refractivity contribution in [2.75, 3.05) is 0 Å². The molecule has 0 bridgehead atoms. The van der Waals surface area contributed by atoms with Gasteiger partial charge in [0.1, 0.15) is 0 Å². The molecule has 0 heterocycles. The van der Waals surface area contributed by atoms with Crippen LogP contribution in [-0.4, -0.2) is 0 Å². The first-order valence-corrected chi connectivity index (χ1v) is 4.34. The number of hydrogen-bond donors (Lipinski definition) is 0. The van der Waals surface area contributed by atoms with E-state index < -0.39 is 0 Å². The Labute approximate surface area is 56.6 Å². The van der Waals surface area contributed by atoms with Gasteiger partial charge in [-0.15, -0.1) is 0 Å². The van der Waals surface area contributed by atoms with E-state index >= 15 is 0 Å². The molecule has 3 aliphatic rings. The van der Waals surface area contributed by atoms with Crippen molar-refractivity contribution in [2.24, 2.45) is 23.2 Å². The summed E-state index contributed by atoms with van der Waals surface area (Å²) in [7, 11) is 0. The zero-order valence-corrected chi connectivity index (χ0v) is 6.06. The van der Waals surface area contributed by atoms with Crippen LogP contribution in [0.25, 0.3) is 0 Å². The van der Waals surface area contributed by atoms with Gasteiger partial charge in [-0.2, -0.15) is 0 Å². The van der Waals surface area contributed by atoms with Gasteiger partial charge in [0.05, 0.1) is 0 Å². The highest BCUT2D eigenvalue weighted by Crippen LogP contribution is 2.81. The maximum absolute atomic E-state index is 2.46. The normalized spacial score (nSPS) is 57.7. The lowest BCUT2D eigenvalue weighted by Gasteiger charge is -2.04. The molecular formula is C9H14. The Bertz CT molecular complexity index is 155. The van der Waals surface area contributed by atoms with E-state index in [2.05, 4.69) is 6.92 Å². The lowest BCUT2D eigenvalue weighted by Crippen LogP contribution is -1.95. The summed E-state index contributed by atoms with van der Waals surface area (Å²) in [5.41, 5.74) is 0.984. The van der Waals surface area contributed by atoms with Crippen LogP contribution in [-0.2, 0) is 0 Å². The third-order valence-electron chi connectivity index (χ3n) is 4.10. The quantitative estimate of drug-likeness (QED) is 0.463. The van der Waals surface area contributed by atoms with Crippen molar-refractivity contribution in [3.05, 3.63) is 0 Å². The Morgan fingerprint density at radius 2 is 2.00 bits per heavy atom. The molecule has 0 heteroatoms. The van der Waals surface area contributed by atoms with Gasteiger partial charge in [-0.25, -0.2) is 0 Å². The third-order valence-corrected chi connectivity index (χ3v) is 4.10. The van der Waals surface area contributed by atoms with Gasteiger partial charge in [0.15, 0.2) is 0 Å². The maximum Gasteiger partial charge on any atom is -0.0232 e. The van der Waals surface area contributed by atoms with Gasteiger partial charge in [-0.1, -0.05) is 13.3 Å². The Morgan fingerprint density at radius 1 is 1.22 bits per heavy atom. The van der Waals surface area contributed by atoms with Crippen LogP contribution < -0.4 is 0 Å². The molecule has 0 aromatic heterocycles. The molecular weight excluding hydrogens is 108 g/mol. The van der Waals surface area contributed by atoms with Gasteiger partial charge in [0.2, 0.25) is 0 Å². The lowest BCUT2D eigenvalue weighted by molar-refractivity contribution is 0.458. The van der Waals surface area contributed by atoms with Crippen molar-refractivity contribution >= 4 is 0 Å². The molecule has 0 aliphatic heterocycles. The summed E-state index contributed by atoms with van der Waals surface area (Å²) in [6.45, 7) is 2.46. The fourth-order valence-corrected chi connectivity index (χ4v) is 3.51. The molecule has 3 unspecified atom stereocenters. The van der Waals surface area contributed by atoms with Crippen LogP contribution in [0.15, 0.2) is 0 Å². The molecule has 3 saturated carbocycles. The van der Waals surface area contributed by atoms with Gasteiger partial charge in [-0.3, -0.25) is 0 Å². The van der Waals surface area contributed by atoms with Crippen LogP contribution >= 0.6 is 0 Å². The first kappa shape index (κ1) is 4.76. The van der Waals surface area contributed by atoms with E-state index in [0.29, 0.717) is 0 Å². The van der Waals surface area contributed by atoms with E-state index in [4.69, 9.17) is 0 Å². The predicted molar refractivity (Wildman–Crippen MR) is 37.0 cm³/mol. The van der Waals surface area contributed by atoms with Crippen LogP contribution in [0.4, 0.5) is 0 Å². The minimum absolute atomic E-state index is 0.984. The van der Waals surface area contributed by atoms with Crippen molar-refractivity contribution in [1.29, 1.82) is 0 Å². The van der Waals surface area contributed by atoms with Gasteiger partial charge in [0, 0.05) is 0 Å². The van der Waals surface area contributed by atoms with Gasteiger partial charge < -0.3 is 0 Å². The Kier molecular flexibility index (Phi) is 0.574. The molecule has 9 heavy (non-hydrogen) atoms. The van der Waals surface area contributed by atoms with Gasteiger partial charge in [0.25, 0.3) is 0 Å².